The number of nitriles is 1. The van der Waals surface area contributed by atoms with Crippen molar-refractivity contribution >= 4 is 16.8 Å². The van der Waals surface area contributed by atoms with Gasteiger partial charge in [-0.2, -0.15) is 5.26 Å². The van der Waals surface area contributed by atoms with Crippen molar-refractivity contribution in [3.8, 4) is 11.8 Å². The highest BCUT2D eigenvalue weighted by molar-refractivity contribution is 5.90. The zero-order valence-corrected chi connectivity index (χ0v) is 11.7. The van der Waals surface area contributed by atoms with E-state index >= 15 is 0 Å². The summed E-state index contributed by atoms with van der Waals surface area (Å²) in [5.41, 5.74) is 1.53. The molecule has 0 spiro atoms. The fourth-order valence-corrected chi connectivity index (χ4v) is 2.15. The van der Waals surface area contributed by atoms with Crippen LogP contribution in [0.15, 0.2) is 54.6 Å². The number of ether oxygens (including phenoxy) is 1. The summed E-state index contributed by atoms with van der Waals surface area (Å²) in [6, 6.07) is 18.4. The van der Waals surface area contributed by atoms with E-state index in [1.54, 1.807) is 12.1 Å². The van der Waals surface area contributed by atoms with E-state index in [0.29, 0.717) is 11.6 Å². The lowest BCUT2D eigenvalue weighted by molar-refractivity contribution is -0.121. The Morgan fingerprint density at radius 2 is 1.91 bits per heavy atom. The minimum atomic E-state index is -0.962. The van der Waals surface area contributed by atoms with Crippen molar-refractivity contribution in [2.24, 2.45) is 0 Å². The molecule has 1 atom stereocenters. The molecule has 5 heteroatoms. The molecule has 3 rings (SSSR count). The number of imidazole rings is 1. The molecule has 5 nitrogen and oxygen atoms in total. The third-order valence-electron chi connectivity index (χ3n) is 3.26. The number of H-pyrrole nitrogens is 1. The summed E-state index contributed by atoms with van der Waals surface area (Å²) < 4.78 is 5.40. The van der Waals surface area contributed by atoms with Gasteiger partial charge in [0.2, 0.25) is 0 Å². The van der Waals surface area contributed by atoms with Crippen molar-refractivity contribution in [1.29, 1.82) is 5.26 Å². The fourth-order valence-electron chi connectivity index (χ4n) is 2.15. The van der Waals surface area contributed by atoms with Gasteiger partial charge in [0.1, 0.15) is 18.2 Å². The fraction of sp³-hybridized carbons (Fsp3) is 0.118. The molecule has 0 aliphatic rings. The lowest BCUT2D eigenvalue weighted by atomic mass is 10.1. The van der Waals surface area contributed by atoms with Gasteiger partial charge < -0.3 is 9.72 Å². The third-order valence-corrected chi connectivity index (χ3v) is 3.26. The molecular formula is C17H13N3O2. The van der Waals surface area contributed by atoms with Crippen LogP contribution in [0.2, 0.25) is 0 Å². The first-order valence-electron chi connectivity index (χ1n) is 6.83. The highest BCUT2D eigenvalue weighted by Crippen LogP contribution is 2.18. The van der Waals surface area contributed by atoms with Crippen LogP contribution in [0, 0.1) is 11.3 Å². The van der Waals surface area contributed by atoms with E-state index in [4.69, 9.17) is 4.74 Å². The van der Waals surface area contributed by atoms with Gasteiger partial charge in [-0.15, -0.1) is 0 Å². The van der Waals surface area contributed by atoms with Gasteiger partial charge in [0.15, 0.2) is 11.7 Å². The molecule has 0 fully saturated rings. The summed E-state index contributed by atoms with van der Waals surface area (Å²) in [4.78, 5) is 19.5. The summed E-state index contributed by atoms with van der Waals surface area (Å²) in [7, 11) is 0. The van der Waals surface area contributed by atoms with Gasteiger partial charge in [-0.05, 0) is 24.3 Å². The number of hydrogen-bond donors (Lipinski definition) is 1. The Balaban J connectivity index is 1.76. The summed E-state index contributed by atoms with van der Waals surface area (Å²) in [6.07, 6.45) is 0. The summed E-state index contributed by atoms with van der Waals surface area (Å²) in [5, 5.41) is 9.29. The number of rotatable bonds is 5. The van der Waals surface area contributed by atoms with Crippen molar-refractivity contribution in [1.82, 2.24) is 9.97 Å². The number of nitrogens with zero attached hydrogens (tertiary/aromatic N) is 2. The molecular weight excluding hydrogens is 278 g/mol. The van der Waals surface area contributed by atoms with E-state index in [1.807, 2.05) is 48.5 Å². The zero-order chi connectivity index (χ0) is 15.4. The quantitative estimate of drug-likeness (QED) is 0.784. The van der Waals surface area contributed by atoms with Crippen LogP contribution in [-0.4, -0.2) is 22.4 Å². The lowest BCUT2D eigenvalue weighted by Crippen LogP contribution is -2.20. The summed E-state index contributed by atoms with van der Waals surface area (Å²) in [6.45, 7) is -0.167. The number of fused-ring (bicyclic) bond motifs is 1. The first-order chi connectivity index (χ1) is 10.8. The molecule has 0 aliphatic heterocycles. The van der Waals surface area contributed by atoms with Gasteiger partial charge in [0.25, 0.3) is 0 Å². The van der Waals surface area contributed by atoms with E-state index < -0.39 is 5.92 Å². The Morgan fingerprint density at radius 3 is 2.64 bits per heavy atom. The van der Waals surface area contributed by atoms with Crippen molar-refractivity contribution in [2.45, 2.75) is 5.92 Å². The van der Waals surface area contributed by atoms with E-state index in [9.17, 15) is 10.1 Å². The van der Waals surface area contributed by atoms with Crippen LogP contribution in [0.4, 0.5) is 0 Å². The maximum absolute atomic E-state index is 12.2. The molecule has 2 aromatic carbocycles. The van der Waals surface area contributed by atoms with Gasteiger partial charge >= 0.3 is 0 Å². The molecule has 1 aromatic heterocycles. The van der Waals surface area contributed by atoms with E-state index in [-0.39, 0.29) is 12.4 Å². The van der Waals surface area contributed by atoms with Crippen molar-refractivity contribution in [3.63, 3.8) is 0 Å². The number of hydrogen-bond acceptors (Lipinski definition) is 4. The number of benzene rings is 2. The monoisotopic (exact) mass is 291 g/mol. The van der Waals surface area contributed by atoms with E-state index in [2.05, 4.69) is 9.97 Å². The second-order valence-corrected chi connectivity index (χ2v) is 4.77. The Morgan fingerprint density at radius 1 is 1.18 bits per heavy atom. The summed E-state index contributed by atoms with van der Waals surface area (Å²) >= 11 is 0. The predicted octanol–water partition coefficient (Wildman–Crippen LogP) is 2.82. The topological polar surface area (TPSA) is 78.8 Å². The van der Waals surface area contributed by atoms with Gasteiger partial charge in [-0.1, -0.05) is 30.3 Å². The lowest BCUT2D eigenvalue weighted by Gasteiger charge is -2.07. The van der Waals surface area contributed by atoms with Crippen molar-refractivity contribution in [3.05, 3.63) is 60.4 Å². The van der Waals surface area contributed by atoms with Crippen LogP contribution in [0.5, 0.6) is 5.75 Å². The first-order valence-corrected chi connectivity index (χ1v) is 6.83. The van der Waals surface area contributed by atoms with Gasteiger partial charge in [0, 0.05) is 0 Å². The van der Waals surface area contributed by atoms with Gasteiger partial charge in [0.05, 0.1) is 17.1 Å². The van der Waals surface area contributed by atoms with Gasteiger partial charge in [-0.25, -0.2) is 4.98 Å². The molecule has 0 saturated heterocycles. The maximum Gasteiger partial charge on any atom is 0.194 e. The van der Waals surface area contributed by atoms with Crippen LogP contribution in [0.3, 0.4) is 0 Å². The number of Topliss-reactive ketones (excluding diaryl/α,β-unsaturated/α-hetero) is 1. The Kier molecular flexibility index (Phi) is 3.84. The molecule has 0 bridgehead atoms. The average Bonchev–Trinajstić information content (AvgIpc) is 2.98. The minimum Gasteiger partial charge on any atom is -0.486 e. The Bertz CT molecular complexity index is 801. The second-order valence-electron chi connectivity index (χ2n) is 4.77. The first kappa shape index (κ1) is 13.8. The average molecular weight is 291 g/mol. The number of carbonyl (C=O) groups is 1. The van der Waals surface area contributed by atoms with Crippen molar-refractivity contribution in [2.75, 3.05) is 6.61 Å². The van der Waals surface area contributed by atoms with Crippen LogP contribution < -0.4 is 4.74 Å². The van der Waals surface area contributed by atoms with Gasteiger partial charge in [-0.3, -0.25) is 4.79 Å². The van der Waals surface area contributed by atoms with Crippen LogP contribution in [0.1, 0.15) is 11.7 Å². The highest BCUT2D eigenvalue weighted by Gasteiger charge is 2.24. The van der Waals surface area contributed by atoms with Crippen molar-refractivity contribution < 1.29 is 9.53 Å². The summed E-state index contributed by atoms with van der Waals surface area (Å²) in [5.74, 6) is -0.343. The number of aromatic amines is 1. The molecule has 22 heavy (non-hydrogen) atoms. The highest BCUT2D eigenvalue weighted by atomic mass is 16.5. The standard InChI is InChI=1S/C17H13N3O2/c18-10-13(16(21)11-22-12-6-2-1-3-7-12)17-19-14-8-4-5-9-15(14)20-17/h1-9,13H,11H2,(H,19,20). The molecule has 3 aromatic rings. The molecule has 0 aliphatic carbocycles. The largest absolute Gasteiger partial charge is 0.486 e. The molecule has 1 heterocycles. The number of aromatic nitrogens is 2. The predicted molar refractivity (Wildman–Crippen MR) is 81.4 cm³/mol. The molecule has 1 N–H and O–H groups in total. The second kappa shape index (κ2) is 6.10. The smallest absolute Gasteiger partial charge is 0.194 e. The number of nitrogens with one attached hydrogen (secondary N) is 1. The van der Waals surface area contributed by atoms with E-state index in [1.165, 1.54) is 0 Å². The van der Waals surface area contributed by atoms with Crippen LogP contribution >= 0.6 is 0 Å². The van der Waals surface area contributed by atoms with Crippen LogP contribution in [0.25, 0.3) is 11.0 Å². The Hall–Kier alpha value is -3.13. The normalized spacial score (nSPS) is 11.8. The number of ketones is 1. The molecule has 0 saturated carbocycles. The molecule has 0 radical (unpaired) electrons. The molecule has 108 valence electrons. The zero-order valence-electron chi connectivity index (χ0n) is 11.7. The maximum atomic E-state index is 12.2. The Labute approximate surface area is 127 Å². The number of para-hydroxylation sites is 3. The third kappa shape index (κ3) is 2.81. The SMILES string of the molecule is N#CC(C(=O)COc1ccccc1)c1nc2ccccc2[nH]1. The molecule has 1 unspecified atom stereocenters. The molecule has 0 amide bonds. The minimum absolute atomic E-state index is 0.167. The van der Waals surface area contributed by atoms with Crippen LogP contribution in [-0.2, 0) is 4.79 Å². The number of carbonyl (C=O) groups excluding carboxylic acids is 1. The van der Waals surface area contributed by atoms with E-state index in [0.717, 1.165) is 11.0 Å².